The van der Waals surface area contributed by atoms with Crippen LogP contribution in [-0.2, 0) is 13.1 Å². The zero-order valence-electron chi connectivity index (χ0n) is 12.0. The second-order valence-electron chi connectivity index (χ2n) is 4.72. The Morgan fingerprint density at radius 2 is 2.13 bits per heavy atom. The molecule has 2 heterocycles. The maximum absolute atomic E-state index is 6.18. The topological polar surface area (TPSA) is 68.8 Å². The van der Waals surface area contributed by atoms with Crippen molar-refractivity contribution >= 4 is 29.2 Å². The Hall–Kier alpha value is -2.31. The molecule has 0 saturated heterocycles. The average molecular weight is 350 g/mol. The molecule has 0 spiro atoms. The van der Waals surface area contributed by atoms with Gasteiger partial charge in [0.2, 0.25) is 5.95 Å². The summed E-state index contributed by atoms with van der Waals surface area (Å²) in [6.07, 6.45) is 1.72. The lowest BCUT2D eigenvalue weighted by molar-refractivity contribution is 0.529. The SMILES string of the molecule is C=CCn1nnnc1NCc1ccc(-c2cc(Cl)ccc2Cl)o1. The first-order valence-corrected chi connectivity index (χ1v) is 7.58. The van der Waals surface area contributed by atoms with Gasteiger partial charge in [0, 0.05) is 10.6 Å². The van der Waals surface area contributed by atoms with Gasteiger partial charge in [-0.1, -0.05) is 34.4 Å². The van der Waals surface area contributed by atoms with Gasteiger partial charge in [-0.3, -0.25) is 0 Å². The van der Waals surface area contributed by atoms with Crippen molar-refractivity contribution in [3.05, 3.63) is 58.8 Å². The lowest BCUT2D eigenvalue weighted by atomic mass is 10.2. The van der Waals surface area contributed by atoms with Crippen molar-refractivity contribution < 1.29 is 4.42 Å². The lowest BCUT2D eigenvalue weighted by Crippen LogP contribution is -2.07. The third-order valence-electron chi connectivity index (χ3n) is 3.11. The molecule has 2 aromatic heterocycles. The molecule has 0 bridgehead atoms. The molecule has 6 nitrogen and oxygen atoms in total. The van der Waals surface area contributed by atoms with Crippen LogP contribution in [0.3, 0.4) is 0 Å². The molecule has 3 rings (SSSR count). The third-order valence-corrected chi connectivity index (χ3v) is 3.67. The fourth-order valence-corrected chi connectivity index (χ4v) is 2.43. The molecule has 0 aliphatic rings. The minimum atomic E-state index is 0.440. The Labute approximate surface area is 142 Å². The van der Waals surface area contributed by atoms with Crippen LogP contribution in [0.5, 0.6) is 0 Å². The van der Waals surface area contributed by atoms with Gasteiger partial charge in [-0.25, -0.2) is 4.68 Å². The van der Waals surface area contributed by atoms with Crippen molar-refractivity contribution in [2.24, 2.45) is 0 Å². The Morgan fingerprint density at radius 3 is 2.96 bits per heavy atom. The number of benzene rings is 1. The summed E-state index contributed by atoms with van der Waals surface area (Å²) in [5, 5.41) is 15.7. The number of nitrogens with one attached hydrogen (secondary N) is 1. The van der Waals surface area contributed by atoms with E-state index in [0.29, 0.717) is 34.8 Å². The minimum absolute atomic E-state index is 0.440. The van der Waals surface area contributed by atoms with Crippen molar-refractivity contribution in [1.29, 1.82) is 0 Å². The molecule has 1 N–H and O–H groups in total. The fourth-order valence-electron chi connectivity index (χ4n) is 2.05. The molecular weight excluding hydrogens is 337 g/mol. The number of allylic oxidation sites excluding steroid dienone is 1. The molecule has 0 unspecified atom stereocenters. The Bertz CT molecular complexity index is 827. The van der Waals surface area contributed by atoms with E-state index in [1.54, 1.807) is 29.0 Å². The first-order chi connectivity index (χ1) is 11.2. The summed E-state index contributed by atoms with van der Waals surface area (Å²) < 4.78 is 7.40. The van der Waals surface area contributed by atoms with E-state index in [-0.39, 0.29) is 0 Å². The number of aromatic nitrogens is 4. The molecule has 8 heteroatoms. The maximum atomic E-state index is 6.18. The van der Waals surface area contributed by atoms with Gasteiger partial charge < -0.3 is 9.73 Å². The highest BCUT2D eigenvalue weighted by Crippen LogP contribution is 2.31. The van der Waals surface area contributed by atoms with Gasteiger partial charge in [0.1, 0.15) is 11.5 Å². The molecule has 0 amide bonds. The highest BCUT2D eigenvalue weighted by molar-refractivity contribution is 6.35. The summed E-state index contributed by atoms with van der Waals surface area (Å²) in [6.45, 7) is 4.63. The van der Waals surface area contributed by atoms with Crippen LogP contribution in [0.25, 0.3) is 11.3 Å². The Morgan fingerprint density at radius 1 is 1.26 bits per heavy atom. The van der Waals surface area contributed by atoms with Crippen molar-refractivity contribution in [2.75, 3.05) is 5.32 Å². The van der Waals surface area contributed by atoms with E-state index in [2.05, 4.69) is 27.4 Å². The monoisotopic (exact) mass is 349 g/mol. The van der Waals surface area contributed by atoms with Crippen LogP contribution in [-0.4, -0.2) is 20.2 Å². The number of rotatable bonds is 6. The molecule has 0 fully saturated rings. The first-order valence-electron chi connectivity index (χ1n) is 6.82. The summed E-state index contributed by atoms with van der Waals surface area (Å²) in [5.41, 5.74) is 0.752. The molecule has 0 aliphatic heterocycles. The largest absolute Gasteiger partial charge is 0.459 e. The van der Waals surface area contributed by atoms with E-state index >= 15 is 0 Å². The van der Waals surface area contributed by atoms with Gasteiger partial charge in [-0.15, -0.1) is 6.58 Å². The smallest absolute Gasteiger partial charge is 0.243 e. The summed E-state index contributed by atoms with van der Waals surface area (Å²) in [5.74, 6) is 1.92. The molecular formula is C15H13Cl2N5O. The summed E-state index contributed by atoms with van der Waals surface area (Å²) in [6, 6.07) is 8.95. The van der Waals surface area contributed by atoms with Crippen LogP contribution in [0.15, 0.2) is 47.4 Å². The molecule has 118 valence electrons. The number of anilines is 1. The van der Waals surface area contributed by atoms with E-state index in [1.807, 2.05) is 12.1 Å². The quantitative estimate of drug-likeness (QED) is 0.680. The number of nitrogens with zero attached hydrogens (tertiary/aromatic N) is 4. The Kier molecular flexibility index (Phi) is 4.64. The van der Waals surface area contributed by atoms with E-state index in [4.69, 9.17) is 27.6 Å². The number of hydrogen-bond acceptors (Lipinski definition) is 5. The predicted octanol–water partition coefficient (Wildman–Crippen LogP) is 4.04. The van der Waals surface area contributed by atoms with E-state index < -0.39 is 0 Å². The van der Waals surface area contributed by atoms with Gasteiger partial charge in [0.05, 0.1) is 18.1 Å². The average Bonchev–Trinajstić information content (AvgIpc) is 3.17. The second kappa shape index (κ2) is 6.85. The number of tetrazole rings is 1. The van der Waals surface area contributed by atoms with Crippen molar-refractivity contribution in [1.82, 2.24) is 20.2 Å². The highest BCUT2D eigenvalue weighted by atomic mass is 35.5. The third kappa shape index (κ3) is 3.55. The molecule has 0 aliphatic carbocycles. The van der Waals surface area contributed by atoms with Gasteiger partial charge in [-0.05, 0) is 40.8 Å². The van der Waals surface area contributed by atoms with E-state index in [9.17, 15) is 0 Å². The number of halogens is 2. The zero-order valence-corrected chi connectivity index (χ0v) is 13.6. The van der Waals surface area contributed by atoms with Gasteiger partial charge in [0.15, 0.2) is 0 Å². The number of furan rings is 1. The van der Waals surface area contributed by atoms with Crippen LogP contribution in [0, 0.1) is 0 Å². The molecule has 23 heavy (non-hydrogen) atoms. The summed E-state index contributed by atoms with van der Waals surface area (Å²) >= 11 is 12.2. The second-order valence-corrected chi connectivity index (χ2v) is 5.56. The molecule has 0 atom stereocenters. The molecule has 3 aromatic rings. The van der Waals surface area contributed by atoms with Crippen molar-refractivity contribution in [3.63, 3.8) is 0 Å². The summed E-state index contributed by atoms with van der Waals surface area (Å²) in [4.78, 5) is 0. The standard InChI is InChI=1S/C15H13Cl2N5O/c1-2-7-22-15(19-20-21-22)18-9-11-4-6-14(23-11)12-8-10(16)3-5-13(12)17/h2-6,8H,1,7,9H2,(H,18,19,21). The first kappa shape index (κ1) is 15.6. The Balaban J connectivity index is 1.73. The van der Waals surface area contributed by atoms with Crippen LogP contribution >= 0.6 is 23.2 Å². The van der Waals surface area contributed by atoms with Crippen LogP contribution in [0.1, 0.15) is 5.76 Å². The molecule has 1 aromatic carbocycles. The lowest BCUT2D eigenvalue weighted by Gasteiger charge is -2.04. The fraction of sp³-hybridized carbons (Fsp3) is 0.133. The highest BCUT2D eigenvalue weighted by Gasteiger charge is 2.10. The van der Waals surface area contributed by atoms with Crippen molar-refractivity contribution in [3.8, 4) is 11.3 Å². The van der Waals surface area contributed by atoms with E-state index in [1.165, 1.54) is 0 Å². The van der Waals surface area contributed by atoms with Gasteiger partial charge in [-0.2, -0.15) is 0 Å². The van der Waals surface area contributed by atoms with Gasteiger partial charge in [0.25, 0.3) is 0 Å². The van der Waals surface area contributed by atoms with Gasteiger partial charge >= 0.3 is 0 Å². The van der Waals surface area contributed by atoms with Crippen LogP contribution in [0.4, 0.5) is 5.95 Å². The molecule has 0 radical (unpaired) electrons. The van der Waals surface area contributed by atoms with E-state index in [0.717, 1.165) is 11.3 Å². The zero-order chi connectivity index (χ0) is 16.2. The summed E-state index contributed by atoms with van der Waals surface area (Å²) in [7, 11) is 0. The van der Waals surface area contributed by atoms with Crippen LogP contribution < -0.4 is 5.32 Å². The maximum Gasteiger partial charge on any atom is 0.243 e. The normalized spacial score (nSPS) is 10.7. The van der Waals surface area contributed by atoms with Crippen molar-refractivity contribution in [2.45, 2.75) is 13.1 Å². The van der Waals surface area contributed by atoms with Crippen LogP contribution in [0.2, 0.25) is 10.0 Å². The minimum Gasteiger partial charge on any atom is -0.459 e. The molecule has 0 saturated carbocycles. The predicted molar refractivity (Wildman–Crippen MR) is 89.5 cm³/mol. The number of hydrogen-bond donors (Lipinski definition) is 1.